The number of hydrogen-bond donors (Lipinski definition) is 1. The summed E-state index contributed by atoms with van der Waals surface area (Å²) < 4.78 is 28.8. The van der Waals surface area contributed by atoms with Crippen LogP contribution in [0.4, 0.5) is 8.78 Å². The van der Waals surface area contributed by atoms with Crippen molar-refractivity contribution in [3.05, 3.63) is 53.1 Å². The third-order valence-corrected chi connectivity index (χ3v) is 5.00. The number of aromatic nitrogens is 2. The SMILES string of the molecule is O=C(c1cn2c(n1)CCCC2)N1CC(O)CC1c1ccc(F)c(F)c1. The normalized spacial score (nSPS) is 22.9. The molecule has 5 nitrogen and oxygen atoms in total. The van der Waals surface area contributed by atoms with Gasteiger partial charge in [-0.15, -0.1) is 0 Å². The van der Waals surface area contributed by atoms with E-state index in [1.807, 2.05) is 4.57 Å². The van der Waals surface area contributed by atoms with Crippen LogP contribution in [0.5, 0.6) is 0 Å². The smallest absolute Gasteiger partial charge is 0.274 e. The molecule has 4 rings (SSSR count). The first-order valence-electron chi connectivity index (χ1n) is 8.53. The Morgan fingerprint density at radius 3 is 2.84 bits per heavy atom. The topological polar surface area (TPSA) is 58.4 Å². The molecule has 1 fully saturated rings. The van der Waals surface area contributed by atoms with E-state index in [2.05, 4.69) is 4.98 Å². The number of aryl methyl sites for hydroxylation is 2. The minimum atomic E-state index is -0.955. The summed E-state index contributed by atoms with van der Waals surface area (Å²) in [6, 6.07) is 3.11. The quantitative estimate of drug-likeness (QED) is 0.908. The summed E-state index contributed by atoms with van der Waals surface area (Å²) in [4.78, 5) is 18.9. The highest BCUT2D eigenvalue weighted by molar-refractivity contribution is 5.92. The van der Waals surface area contributed by atoms with Gasteiger partial charge in [0.1, 0.15) is 11.5 Å². The predicted octanol–water partition coefficient (Wildman–Crippen LogP) is 2.45. The van der Waals surface area contributed by atoms with Gasteiger partial charge in [0, 0.05) is 25.7 Å². The van der Waals surface area contributed by atoms with Gasteiger partial charge in [-0.05, 0) is 37.0 Å². The number of fused-ring (bicyclic) bond motifs is 1. The molecule has 2 atom stereocenters. The molecule has 0 spiro atoms. The van der Waals surface area contributed by atoms with E-state index < -0.39 is 23.8 Å². The van der Waals surface area contributed by atoms with Crippen molar-refractivity contribution in [1.29, 1.82) is 0 Å². The lowest BCUT2D eigenvalue weighted by atomic mass is 10.0. The summed E-state index contributed by atoms with van der Waals surface area (Å²) in [5.74, 6) is -1.27. The molecule has 0 saturated carbocycles. The van der Waals surface area contributed by atoms with Gasteiger partial charge in [-0.3, -0.25) is 4.79 Å². The largest absolute Gasteiger partial charge is 0.391 e. The average molecular weight is 347 g/mol. The zero-order valence-electron chi connectivity index (χ0n) is 13.7. The first-order chi connectivity index (χ1) is 12.0. The van der Waals surface area contributed by atoms with Gasteiger partial charge in [-0.25, -0.2) is 13.8 Å². The Kier molecular flexibility index (Phi) is 4.03. The van der Waals surface area contributed by atoms with Crippen molar-refractivity contribution < 1.29 is 18.7 Å². The molecule has 1 saturated heterocycles. The molecule has 0 radical (unpaired) electrons. The van der Waals surface area contributed by atoms with E-state index in [1.54, 1.807) is 6.20 Å². The van der Waals surface area contributed by atoms with Crippen molar-refractivity contribution in [3.8, 4) is 0 Å². The molecular weight excluding hydrogens is 328 g/mol. The van der Waals surface area contributed by atoms with Gasteiger partial charge in [0.05, 0.1) is 12.1 Å². The Hall–Kier alpha value is -2.28. The predicted molar refractivity (Wildman–Crippen MR) is 85.9 cm³/mol. The van der Waals surface area contributed by atoms with Crippen LogP contribution in [0.2, 0.25) is 0 Å². The van der Waals surface area contributed by atoms with Crippen LogP contribution in [0.3, 0.4) is 0 Å². The summed E-state index contributed by atoms with van der Waals surface area (Å²) in [7, 11) is 0. The number of rotatable bonds is 2. The van der Waals surface area contributed by atoms with Gasteiger partial charge in [0.15, 0.2) is 11.6 Å². The van der Waals surface area contributed by atoms with Crippen LogP contribution < -0.4 is 0 Å². The maximum absolute atomic E-state index is 13.6. The first-order valence-corrected chi connectivity index (χ1v) is 8.53. The van der Waals surface area contributed by atoms with E-state index in [0.717, 1.165) is 43.8 Å². The Labute approximate surface area is 143 Å². The van der Waals surface area contributed by atoms with E-state index in [-0.39, 0.29) is 12.5 Å². The molecule has 2 aliphatic heterocycles. The number of halogens is 2. The highest BCUT2D eigenvalue weighted by atomic mass is 19.2. The third-order valence-electron chi connectivity index (χ3n) is 5.00. The van der Waals surface area contributed by atoms with Gasteiger partial charge in [-0.2, -0.15) is 0 Å². The number of hydrogen-bond acceptors (Lipinski definition) is 3. The molecule has 0 bridgehead atoms. The van der Waals surface area contributed by atoms with Gasteiger partial charge in [0.2, 0.25) is 0 Å². The van der Waals surface area contributed by atoms with Crippen LogP contribution in [0, 0.1) is 11.6 Å². The fraction of sp³-hybridized carbons (Fsp3) is 0.444. The van der Waals surface area contributed by atoms with E-state index in [4.69, 9.17) is 0 Å². The summed E-state index contributed by atoms with van der Waals surface area (Å²) in [5.41, 5.74) is 0.825. The summed E-state index contributed by atoms with van der Waals surface area (Å²) in [6.45, 7) is 1.01. The number of aliphatic hydroxyl groups is 1. The Morgan fingerprint density at radius 2 is 2.08 bits per heavy atom. The number of carbonyl (C=O) groups excluding carboxylic acids is 1. The molecule has 2 aliphatic rings. The third kappa shape index (κ3) is 2.93. The van der Waals surface area contributed by atoms with Crippen molar-refractivity contribution in [2.45, 2.75) is 44.4 Å². The van der Waals surface area contributed by atoms with E-state index in [0.29, 0.717) is 17.7 Å². The molecule has 0 aliphatic carbocycles. The second-order valence-electron chi connectivity index (χ2n) is 6.73. The Bertz CT molecular complexity index is 797. The van der Waals surface area contributed by atoms with Gasteiger partial charge >= 0.3 is 0 Å². The first kappa shape index (κ1) is 16.2. The molecule has 132 valence electrons. The summed E-state index contributed by atoms with van der Waals surface area (Å²) in [5, 5.41) is 10.0. The van der Waals surface area contributed by atoms with Crippen molar-refractivity contribution in [1.82, 2.24) is 14.5 Å². The van der Waals surface area contributed by atoms with Crippen LogP contribution in [0.15, 0.2) is 24.4 Å². The van der Waals surface area contributed by atoms with Crippen LogP contribution in [0.1, 0.15) is 47.2 Å². The van der Waals surface area contributed by atoms with Gasteiger partial charge in [0.25, 0.3) is 5.91 Å². The lowest BCUT2D eigenvalue weighted by Crippen LogP contribution is -2.32. The monoisotopic (exact) mass is 347 g/mol. The Morgan fingerprint density at radius 1 is 1.24 bits per heavy atom. The average Bonchev–Trinajstić information content (AvgIpc) is 3.20. The number of likely N-dealkylation sites (tertiary alicyclic amines) is 1. The molecule has 1 N–H and O–H groups in total. The Balaban J connectivity index is 1.63. The molecule has 1 aromatic carbocycles. The standard InChI is InChI=1S/C18H19F2N3O2/c19-13-5-4-11(7-14(13)20)16-8-12(24)9-23(16)18(25)15-10-22-6-2-1-3-17(22)21-15/h4-5,7,10,12,16,24H,1-3,6,8-9H2. The van der Waals surface area contributed by atoms with Crippen LogP contribution in [-0.4, -0.2) is 38.1 Å². The molecule has 2 aromatic rings. The van der Waals surface area contributed by atoms with E-state index in [1.165, 1.54) is 11.0 Å². The van der Waals surface area contributed by atoms with E-state index in [9.17, 15) is 18.7 Å². The maximum atomic E-state index is 13.6. The maximum Gasteiger partial charge on any atom is 0.274 e. The second kappa shape index (κ2) is 6.22. The summed E-state index contributed by atoms with van der Waals surface area (Å²) in [6.07, 6.45) is 4.33. The number of aliphatic hydroxyl groups excluding tert-OH is 1. The lowest BCUT2D eigenvalue weighted by molar-refractivity contribution is 0.0710. The number of amides is 1. The number of nitrogens with zero attached hydrogens (tertiary/aromatic N) is 3. The zero-order chi connectivity index (χ0) is 17.6. The van der Waals surface area contributed by atoms with Gasteiger partial charge < -0.3 is 14.6 Å². The van der Waals surface area contributed by atoms with Crippen LogP contribution >= 0.6 is 0 Å². The molecular formula is C18H19F2N3O2. The van der Waals surface area contributed by atoms with Crippen molar-refractivity contribution >= 4 is 5.91 Å². The molecule has 1 aromatic heterocycles. The van der Waals surface area contributed by atoms with Crippen molar-refractivity contribution in [2.24, 2.45) is 0 Å². The zero-order valence-corrected chi connectivity index (χ0v) is 13.7. The van der Waals surface area contributed by atoms with Crippen LogP contribution in [0.25, 0.3) is 0 Å². The van der Waals surface area contributed by atoms with E-state index >= 15 is 0 Å². The number of carbonyl (C=O) groups is 1. The second-order valence-corrected chi connectivity index (χ2v) is 6.73. The highest BCUT2D eigenvalue weighted by Crippen LogP contribution is 2.34. The lowest BCUT2D eigenvalue weighted by Gasteiger charge is -2.24. The minimum Gasteiger partial charge on any atom is -0.391 e. The number of imidazole rings is 1. The fourth-order valence-corrected chi connectivity index (χ4v) is 3.74. The number of benzene rings is 1. The molecule has 7 heteroatoms. The molecule has 1 amide bonds. The van der Waals surface area contributed by atoms with Gasteiger partial charge in [-0.1, -0.05) is 6.07 Å². The molecule has 2 unspecified atom stereocenters. The molecule has 3 heterocycles. The van der Waals surface area contributed by atoms with Crippen molar-refractivity contribution in [3.63, 3.8) is 0 Å². The fourth-order valence-electron chi connectivity index (χ4n) is 3.74. The van der Waals surface area contributed by atoms with Crippen LogP contribution in [-0.2, 0) is 13.0 Å². The minimum absolute atomic E-state index is 0.157. The van der Waals surface area contributed by atoms with Crippen molar-refractivity contribution in [2.75, 3.05) is 6.54 Å². The summed E-state index contributed by atoms with van der Waals surface area (Å²) >= 11 is 0. The number of β-amino-alcohol motifs (C(OH)–C–C–N with tert-alkyl or cyclic N) is 1. The molecule has 25 heavy (non-hydrogen) atoms. The highest BCUT2D eigenvalue weighted by Gasteiger charge is 2.37.